The van der Waals surface area contributed by atoms with Gasteiger partial charge >= 0.3 is 5.69 Å². The maximum absolute atomic E-state index is 11.0. The molecule has 3 N–H and O–H groups in total. The number of aromatic nitrogens is 2. The Bertz CT molecular complexity index is 502. The van der Waals surface area contributed by atoms with E-state index in [9.17, 15) is 4.79 Å². The predicted octanol–water partition coefficient (Wildman–Crippen LogP) is 1.31. The molecule has 1 heterocycles. The van der Waals surface area contributed by atoms with E-state index in [-0.39, 0.29) is 11.2 Å². The zero-order chi connectivity index (χ0) is 10.1. The molecule has 2 rings (SSSR count). The summed E-state index contributed by atoms with van der Waals surface area (Å²) in [7, 11) is 1.78. The second-order valence-electron chi connectivity index (χ2n) is 3.04. The second kappa shape index (κ2) is 3.48. The minimum Gasteiger partial charge on any atom is -0.306 e. The van der Waals surface area contributed by atoms with Gasteiger partial charge in [0.05, 0.1) is 11.0 Å². The van der Waals surface area contributed by atoms with E-state index in [0.29, 0.717) is 0 Å². The monoisotopic (exact) mass is 211 g/mol. The summed E-state index contributed by atoms with van der Waals surface area (Å²) in [6.45, 7) is 0. The molecule has 0 spiro atoms. The zero-order valence-electron chi connectivity index (χ0n) is 7.60. The van der Waals surface area contributed by atoms with E-state index in [0.717, 1.165) is 16.6 Å². The van der Waals surface area contributed by atoms with E-state index in [1.165, 1.54) is 0 Å². The molecule has 14 heavy (non-hydrogen) atoms. The van der Waals surface area contributed by atoms with Crippen LogP contribution < -0.4 is 11.0 Å². The van der Waals surface area contributed by atoms with Gasteiger partial charge < -0.3 is 15.3 Å². The molecule has 0 fully saturated rings. The van der Waals surface area contributed by atoms with Crippen molar-refractivity contribution in [3.05, 3.63) is 34.2 Å². The Morgan fingerprint density at radius 2 is 2.07 bits per heavy atom. The van der Waals surface area contributed by atoms with Gasteiger partial charge in [-0.05, 0) is 24.7 Å². The van der Waals surface area contributed by atoms with E-state index >= 15 is 0 Å². The second-order valence-corrected chi connectivity index (χ2v) is 3.47. The maximum atomic E-state index is 11.0. The van der Waals surface area contributed by atoms with Crippen molar-refractivity contribution in [2.45, 2.75) is 5.50 Å². The summed E-state index contributed by atoms with van der Waals surface area (Å²) in [5.74, 6) is 0. The largest absolute Gasteiger partial charge is 0.323 e. The average Bonchev–Trinajstić information content (AvgIpc) is 2.55. The maximum Gasteiger partial charge on any atom is 0.323 e. The third kappa shape index (κ3) is 1.54. The number of halogens is 1. The van der Waals surface area contributed by atoms with Gasteiger partial charge in [-0.2, -0.15) is 0 Å². The Morgan fingerprint density at radius 1 is 1.36 bits per heavy atom. The van der Waals surface area contributed by atoms with Crippen LogP contribution in [0.3, 0.4) is 0 Å². The molecule has 0 bridgehead atoms. The molecule has 0 saturated heterocycles. The molecule has 1 unspecified atom stereocenters. The predicted molar refractivity (Wildman–Crippen MR) is 56.6 cm³/mol. The van der Waals surface area contributed by atoms with E-state index < -0.39 is 0 Å². The lowest BCUT2D eigenvalue weighted by molar-refractivity contribution is 0.784. The van der Waals surface area contributed by atoms with Crippen LogP contribution in [-0.4, -0.2) is 17.0 Å². The number of hydrogen-bond acceptors (Lipinski definition) is 2. The number of aromatic amines is 2. The first kappa shape index (κ1) is 9.30. The molecule has 0 amide bonds. The fraction of sp³-hybridized carbons (Fsp3) is 0.222. The first-order valence-corrected chi connectivity index (χ1v) is 4.67. The fourth-order valence-corrected chi connectivity index (χ4v) is 1.51. The van der Waals surface area contributed by atoms with Crippen LogP contribution in [0.1, 0.15) is 11.1 Å². The summed E-state index contributed by atoms with van der Waals surface area (Å²) in [6, 6.07) is 5.55. The lowest BCUT2D eigenvalue weighted by Gasteiger charge is -2.07. The zero-order valence-corrected chi connectivity index (χ0v) is 8.35. The summed E-state index contributed by atoms with van der Waals surface area (Å²) in [4.78, 5) is 16.3. The molecular weight excluding hydrogens is 202 g/mol. The van der Waals surface area contributed by atoms with Crippen LogP contribution in [0.5, 0.6) is 0 Å². The quantitative estimate of drug-likeness (QED) is 0.518. The van der Waals surface area contributed by atoms with Crippen molar-refractivity contribution in [3.63, 3.8) is 0 Å². The Kier molecular flexibility index (Phi) is 2.31. The molecule has 74 valence electrons. The number of imidazole rings is 1. The summed E-state index contributed by atoms with van der Waals surface area (Å²) in [6.07, 6.45) is 0. The summed E-state index contributed by atoms with van der Waals surface area (Å²) in [5.41, 5.74) is 2.05. The van der Waals surface area contributed by atoms with Gasteiger partial charge in [-0.3, -0.25) is 0 Å². The highest BCUT2D eigenvalue weighted by atomic mass is 35.5. The van der Waals surface area contributed by atoms with E-state index in [4.69, 9.17) is 11.6 Å². The van der Waals surface area contributed by atoms with Crippen LogP contribution in [0.2, 0.25) is 0 Å². The van der Waals surface area contributed by atoms with Crippen molar-refractivity contribution in [2.75, 3.05) is 7.05 Å². The molecule has 0 aliphatic carbocycles. The number of nitrogens with one attached hydrogen (secondary N) is 3. The lowest BCUT2D eigenvalue weighted by Crippen LogP contribution is -2.09. The number of benzene rings is 1. The SMILES string of the molecule is CNC(Cl)c1ccc2[nH]c(=O)[nH]c2c1. The Hall–Kier alpha value is -1.26. The third-order valence-corrected chi connectivity index (χ3v) is 2.56. The standard InChI is InChI=1S/C9H10ClN3O/c1-11-8(10)5-2-3-6-7(4-5)13-9(14)12-6/h2-4,8,11H,1H3,(H2,12,13,14). The number of H-pyrrole nitrogens is 2. The van der Waals surface area contributed by atoms with Crippen LogP contribution >= 0.6 is 11.6 Å². The molecular formula is C9H10ClN3O. The van der Waals surface area contributed by atoms with Crippen LogP contribution in [0.15, 0.2) is 23.0 Å². The molecule has 0 aliphatic rings. The van der Waals surface area contributed by atoms with Crippen LogP contribution in [0.4, 0.5) is 0 Å². The minimum absolute atomic E-state index is 0.201. The van der Waals surface area contributed by atoms with Gasteiger partial charge in [-0.1, -0.05) is 6.07 Å². The number of alkyl halides is 1. The summed E-state index contributed by atoms with van der Waals surface area (Å²) in [5, 5.41) is 2.92. The minimum atomic E-state index is -0.238. The first-order chi connectivity index (χ1) is 6.70. The molecule has 0 saturated carbocycles. The van der Waals surface area contributed by atoms with E-state index in [1.807, 2.05) is 18.2 Å². The van der Waals surface area contributed by atoms with Gasteiger partial charge in [0, 0.05) is 0 Å². The van der Waals surface area contributed by atoms with E-state index in [2.05, 4.69) is 15.3 Å². The van der Waals surface area contributed by atoms with Crippen LogP contribution in [0, 0.1) is 0 Å². The Morgan fingerprint density at radius 3 is 2.79 bits per heavy atom. The Labute approximate surface area is 85.3 Å². The molecule has 0 aliphatic heterocycles. The van der Waals surface area contributed by atoms with E-state index in [1.54, 1.807) is 7.05 Å². The highest BCUT2D eigenvalue weighted by Crippen LogP contribution is 2.19. The van der Waals surface area contributed by atoms with Crippen molar-refractivity contribution in [1.29, 1.82) is 0 Å². The number of rotatable bonds is 2. The average molecular weight is 212 g/mol. The summed E-state index contributed by atoms with van der Waals surface area (Å²) >= 11 is 5.98. The molecule has 2 aromatic rings. The van der Waals surface area contributed by atoms with Crippen molar-refractivity contribution < 1.29 is 0 Å². The molecule has 5 heteroatoms. The van der Waals surface area contributed by atoms with Gasteiger partial charge in [-0.25, -0.2) is 4.79 Å². The van der Waals surface area contributed by atoms with Crippen molar-refractivity contribution >= 4 is 22.6 Å². The molecule has 1 atom stereocenters. The van der Waals surface area contributed by atoms with Gasteiger partial charge in [-0.15, -0.1) is 11.6 Å². The topological polar surface area (TPSA) is 60.7 Å². The molecule has 1 aromatic carbocycles. The van der Waals surface area contributed by atoms with Crippen molar-refractivity contribution in [3.8, 4) is 0 Å². The normalized spacial score (nSPS) is 13.3. The molecule has 4 nitrogen and oxygen atoms in total. The Balaban J connectivity index is 2.55. The summed E-state index contributed by atoms with van der Waals surface area (Å²) < 4.78 is 0. The lowest BCUT2D eigenvalue weighted by atomic mass is 10.2. The van der Waals surface area contributed by atoms with Crippen LogP contribution in [-0.2, 0) is 0 Å². The highest BCUT2D eigenvalue weighted by Gasteiger charge is 2.06. The van der Waals surface area contributed by atoms with Gasteiger partial charge in [0.1, 0.15) is 5.50 Å². The van der Waals surface area contributed by atoms with Gasteiger partial charge in [0.25, 0.3) is 0 Å². The number of fused-ring (bicyclic) bond motifs is 1. The van der Waals surface area contributed by atoms with Crippen molar-refractivity contribution in [2.24, 2.45) is 0 Å². The van der Waals surface area contributed by atoms with Crippen LogP contribution in [0.25, 0.3) is 11.0 Å². The molecule has 0 radical (unpaired) electrons. The van der Waals surface area contributed by atoms with Gasteiger partial charge in [0.15, 0.2) is 0 Å². The number of hydrogen-bond donors (Lipinski definition) is 3. The first-order valence-electron chi connectivity index (χ1n) is 4.24. The van der Waals surface area contributed by atoms with Gasteiger partial charge in [0.2, 0.25) is 0 Å². The molecule has 1 aromatic heterocycles. The fourth-order valence-electron chi connectivity index (χ4n) is 1.37. The smallest absolute Gasteiger partial charge is 0.306 e. The van der Waals surface area contributed by atoms with Crippen molar-refractivity contribution in [1.82, 2.24) is 15.3 Å². The highest BCUT2D eigenvalue weighted by molar-refractivity contribution is 6.20. The third-order valence-electron chi connectivity index (χ3n) is 2.09.